The van der Waals surface area contributed by atoms with E-state index in [0.717, 1.165) is 24.3 Å². The normalized spacial score (nSPS) is 10.8. The van der Waals surface area contributed by atoms with Gasteiger partial charge in [-0.15, -0.1) is 0 Å². The molecule has 0 heterocycles. The smallest absolute Gasteiger partial charge is 0.241 e. The third-order valence-corrected chi connectivity index (χ3v) is 2.84. The number of unbranched alkanes of at least 4 members (excludes halogenated alkanes) is 4. The van der Waals surface area contributed by atoms with Gasteiger partial charge in [0.15, 0.2) is 0 Å². The molecule has 0 aliphatic carbocycles. The Morgan fingerprint density at radius 1 is 1.16 bits per heavy atom. The van der Waals surface area contributed by atoms with Gasteiger partial charge in [0, 0.05) is 6.08 Å². The van der Waals surface area contributed by atoms with Crippen molar-refractivity contribution in [1.29, 1.82) is 0 Å². The SMILES string of the molecule is CCCCCCCOc1ccc(C=CC(N)=O)cc1. The molecular weight excluding hydrogens is 238 g/mol. The van der Waals surface area contributed by atoms with Gasteiger partial charge in [-0.25, -0.2) is 0 Å². The average molecular weight is 261 g/mol. The lowest BCUT2D eigenvalue weighted by Gasteiger charge is -2.06. The number of rotatable bonds is 9. The van der Waals surface area contributed by atoms with Gasteiger partial charge in [0.1, 0.15) is 5.75 Å². The Hall–Kier alpha value is -1.77. The van der Waals surface area contributed by atoms with Gasteiger partial charge in [0.05, 0.1) is 6.61 Å². The number of carbonyl (C=O) groups is 1. The van der Waals surface area contributed by atoms with E-state index in [0.29, 0.717) is 0 Å². The maximum Gasteiger partial charge on any atom is 0.241 e. The Labute approximate surface area is 115 Å². The maximum atomic E-state index is 10.6. The van der Waals surface area contributed by atoms with Crippen LogP contribution >= 0.6 is 0 Å². The van der Waals surface area contributed by atoms with Crippen LogP contribution in [0.25, 0.3) is 6.08 Å². The van der Waals surface area contributed by atoms with Crippen molar-refractivity contribution in [1.82, 2.24) is 0 Å². The zero-order valence-electron chi connectivity index (χ0n) is 11.6. The molecule has 0 aromatic heterocycles. The van der Waals surface area contributed by atoms with Crippen LogP contribution in [-0.2, 0) is 4.79 Å². The minimum Gasteiger partial charge on any atom is -0.494 e. The molecule has 0 saturated carbocycles. The molecular formula is C16H23NO2. The minimum absolute atomic E-state index is 0.438. The number of benzene rings is 1. The zero-order chi connectivity index (χ0) is 13.9. The van der Waals surface area contributed by atoms with E-state index < -0.39 is 5.91 Å². The fourth-order valence-corrected chi connectivity index (χ4v) is 1.75. The summed E-state index contributed by atoms with van der Waals surface area (Å²) in [6.07, 6.45) is 9.23. The van der Waals surface area contributed by atoms with E-state index in [4.69, 9.17) is 10.5 Å². The Kier molecular flexibility index (Phi) is 7.40. The van der Waals surface area contributed by atoms with Gasteiger partial charge in [0.25, 0.3) is 0 Å². The molecule has 0 bridgehead atoms. The summed E-state index contributed by atoms with van der Waals surface area (Å²) in [5.74, 6) is 0.430. The maximum absolute atomic E-state index is 10.6. The van der Waals surface area contributed by atoms with Crippen molar-refractivity contribution in [3.63, 3.8) is 0 Å². The summed E-state index contributed by atoms with van der Waals surface area (Å²) in [5, 5.41) is 0. The second-order valence-electron chi connectivity index (χ2n) is 4.57. The molecule has 0 fully saturated rings. The van der Waals surface area contributed by atoms with Crippen molar-refractivity contribution < 1.29 is 9.53 Å². The van der Waals surface area contributed by atoms with Gasteiger partial charge >= 0.3 is 0 Å². The molecule has 19 heavy (non-hydrogen) atoms. The molecule has 0 unspecified atom stereocenters. The molecule has 2 N–H and O–H groups in total. The summed E-state index contributed by atoms with van der Waals surface area (Å²) in [6.45, 7) is 2.98. The lowest BCUT2D eigenvalue weighted by molar-refractivity contribution is -0.113. The number of primary amides is 1. The van der Waals surface area contributed by atoms with Crippen molar-refractivity contribution in [2.24, 2.45) is 5.73 Å². The molecule has 0 spiro atoms. The summed E-state index contributed by atoms with van der Waals surface area (Å²) in [4.78, 5) is 10.6. The Balaban J connectivity index is 2.26. The lowest BCUT2D eigenvalue weighted by atomic mass is 10.2. The van der Waals surface area contributed by atoms with E-state index in [2.05, 4.69) is 6.92 Å². The second-order valence-corrected chi connectivity index (χ2v) is 4.57. The summed E-state index contributed by atoms with van der Waals surface area (Å²) >= 11 is 0. The van der Waals surface area contributed by atoms with E-state index in [1.807, 2.05) is 24.3 Å². The first kappa shape index (κ1) is 15.3. The second kappa shape index (κ2) is 9.20. The van der Waals surface area contributed by atoms with Crippen molar-refractivity contribution in [2.75, 3.05) is 6.61 Å². The molecule has 0 aliphatic heterocycles. The van der Waals surface area contributed by atoms with Crippen LogP contribution in [0.15, 0.2) is 30.3 Å². The van der Waals surface area contributed by atoms with Crippen molar-refractivity contribution in [3.05, 3.63) is 35.9 Å². The molecule has 0 atom stereocenters. The molecule has 1 aromatic carbocycles. The van der Waals surface area contributed by atoms with Gasteiger partial charge in [0.2, 0.25) is 5.91 Å². The quantitative estimate of drug-likeness (QED) is 0.546. The molecule has 0 radical (unpaired) electrons. The third kappa shape index (κ3) is 7.29. The van der Waals surface area contributed by atoms with Gasteiger partial charge in [-0.2, -0.15) is 0 Å². The van der Waals surface area contributed by atoms with Gasteiger partial charge < -0.3 is 10.5 Å². The first-order chi connectivity index (χ1) is 9.22. The topological polar surface area (TPSA) is 52.3 Å². The van der Waals surface area contributed by atoms with Crippen molar-refractivity contribution in [2.45, 2.75) is 39.0 Å². The summed E-state index contributed by atoms with van der Waals surface area (Å²) in [5.41, 5.74) is 5.97. The number of hydrogen-bond acceptors (Lipinski definition) is 2. The largest absolute Gasteiger partial charge is 0.494 e. The highest BCUT2D eigenvalue weighted by atomic mass is 16.5. The van der Waals surface area contributed by atoms with Crippen LogP contribution in [0.4, 0.5) is 0 Å². The molecule has 3 nitrogen and oxygen atoms in total. The van der Waals surface area contributed by atoms with Gasteiger partial charge in [-0.3, -0.25) is 4.79 Å². The third-order valence-electron chi connectivity index (χ3n) is 2.84. The van der Waals surface area contributed by atoms with E-state index in [9.17, 15) is 4.79 Å². The predicted octanol–water partition coefficient (Wildman–Crippen LogP) is 3.53. The number of hydrogen-bond donors (Lipinski definition) is 1. The van der Waals surface area contributed by atoms with Crippen molar-refractivity contribution >= 4 is 12.0 Å². The molecule has 0 saturated heterocycles. The lowest BCUT2D eigenvalue weighted by Crippen LogP contribution is -2.05. The molecule has 1 aromatic rings. The molecule has 1 amide bonds. The number of amides is 1. The van der Waals surface area contributed by atoms with Crippen LogP contribution in [0.3, 0.4) is 0 Å². The van der Waals surface area contributed by atoms with Crippen LogP contribution in [-0.4, -0.2) is 12.5 Å². The van der Waals surface area contributed by atoms with Crippen molar-refractivity contribution in [3.8, 4) is 5.75 Å². The summed E-state index contributed by atoms with van der Waals surface area (Å²) in [6, 6.07) is 7.64. The highest BCUT2D eigenvalue weighted by Gasteiger charge is 1.95. The predicted molar refractivity (Wildman–Crippen MR) is 78.9 cm³/mol. The fourth-order valence-electron chi connectivity index (χ4n) is 1.75. The average Bonchev–Trinajstić information content (AvgIpc) is 2.41. The number of ether oxygens (including phenoxy) is 1. The van der Waals surface area contributed by atoms with E-state index in [-0.39, 0.29) is 0 Å². The Bertz CT molecular complexity index is 396. The fraction of sp³-hybridized carbons (Fsp3) is 0.438. The first-order valence-electron chi connectivity index (χ1n) is 6.92. The van der Waals surface area contributed by atoms with Crippen LogP contribution in [0, 0.1) is 0 Å². The molecule has 3 heteroatoms. The van der Waals surface area contributed by atoms with Crippen LogP contribution in [0.1, 0.15) is 44.6 Å². The highest BCUT2D eigenvalue weighted by Crippen LogP contribution is 2.14. The standard InChI is InChI=1S/C16H23NO2/c1-2-3-4-5-6-13-19-15-10-7-14(8-11-15)9-12-16(17)18/h7-12H,2-6,13H2,1H3,(H2,17,18). The van der Waals surface area contributed by atoms with Crippen LogP contribution in [0.5, 0.6) is 5.75 Å². The van der Waals surface area contributed by atoms with Crippen LogP contribution in [0.2, 0.25) is 0 Å². The van der Waals surface area contributed by atoms with E-state index in [1.54, 1.807) is 6.08 Å². The molecule has 1 rings (SSSR count). The van der Waals surface area contributed by atoms with E-state index >= 15 is 0 Å². The Morgan fingerprint density at radius 2 is 1.84 bits per heavy atom. The Morgan fingerprint density at radius 3 is 2.47 bits per heavy atom. The first-order valence-corrected chi connectivity index (χ1v) is 6.92. The molecule has 104 valence electrons. The zero-order valence-corrected chi connectivity index (χ0v) is 11.6. The summed E-state index contributed by atoms with van der Waals surface area (Å²) in [7, 11) is 0. The molecule has 0 aliphatic rings. The number of carbonyl (C=O) groups excluding carboxylic acids is 1. The van der Waals surface area contributed by atoms with Gasteiger partial charge in [-0.05, 0) is 30.2 Å². The minimum atomic E-state index is -0.438. The number of nitrogens with two attached hydrogens (primary N) is 1. The van der Waals surface area contributed by atoms with E-state index in [1.165, 1.54) is 31.8 Å². The van der Waals surface area contributed by atoms with Crippen LogP contribution < -0.4 is 10.5 Å². The van der Waals surface area contributed by atoms with Gasteiger partial charge in [-0.1, -0.05) is 44.7 Å². The highest BCUT2D eigenvalue weighted by molar-refractivity contribution is 5.90. The summed E-state index contributed by atoms with van der Waals surface area (Å²) < 4.78 is 5.65. The monoisotopic (exact) mass is 261 g/mol.